The van der Waals surface area contributed by atoms with Crippen LogP contribution in [-0.2, 0) is 4.79 Å². The summed E-state index contributed by atoms with van der Waals surface area (Å²) >= 11 is 0. The molecule has 6 heteroatoms. The average Bonchev–Trinajstić information content (AvgIpc) is 2.19. The fourth-order valence-corrected chi connectivity index (χ4v) is 0.607. The van der Waals surface area contributed by atoms with E-state index in [1.165, 1.54) is 25.1 Å². The van der Waals surface area contributed by atoms with Gasteiger partial charge in [0.25, 0.3) is 4.92 Å². The molecule has 1 aromatic rings. The van der Waals surface area contributed by atoms with E-state index in [2.05, 4.69) is 0 Å². The van der Waals surface area contributed by atoms with E-state index in [1.807, 2.05) is 0 Å². The standard InChI is InChI=1S/C6H5FNO2.C3H6O2/c7-5-3-1-2-4-6(5)8(9)10;1-2-3(4)5/h1-4H,(H,9,10);2H2,1H3,(H,4,5)/q+1;/p-1. The predicted octanol–water partition coefficient (Wildman–Crippen LogP) is 0.772. The van der Waals surface area contributed by atoms with Crippen LogP contribution in [-0.4, -0.2) is 16.1 Å². The molecule has 0 saturated heterocycles. The summed E-state index contributed by atoms with van der Waals surface area (Å²) in [5.41, 5.74) is -0.373. The lowest BCUT2D eigenvalue weighted by atomic mass is 10.3. The van der Waals surface area contributed by atoms with Gasteiger partial charge in [0, 0.05) is 12.0 Å². The molecule has 1 aromatic carbocycles. The summed E-state index contributed by atoms with van der Waals surface area (Å²) in [6.45, 7) is 1.54. The molecule has 5 nitrogen and oxygen atoms in total. The maximum absolute atomic E-state index is 12.4. The molecule has 82 valence electrons. The van der Waals surface area contributed by atoms with Crippen molar-refractivity contribution in [1.29, 1.82) is 0 Å². The number of hydrogen-bond donors (Lipinski definition) is 1. The Morgan fingerprint density at radius 3 is 2.27 bits per heavy atom. The number of hydrogen-bond acceptors (Lipinski definition) is 3. The van der Waals surface area contributed by atoms with Crippen molar-refractivity contribution in [2.75, 3.05) is 0 Å². The molecular formula is C9H10FNO4. The van der Waals surface area contributed by atoms with Crippen molar-refractivity contribution in [1.82, 2.24) is 0 Å². The van der Waals surface area contributed by atoms with Crippen molar-refractivity contribution in [3.05, 3.63) is 35.0 Å². The topological polar surface area (TPSA) is 80.4 Å². The maximum Gasteiger partial charge on any atom is 0.351 e. The van der Waals surface area contributed by atoms with Gasteiger partial charge in [0.15, 0.2) is 0 Å². The second kappa shape index (κ2) is 6.47. The number of carboxylic acid groups (broad SMARTS) is 1. The van der Waals surface area contributed by atoms with Crippen molar-refractivity contribution in [3.63, 3.8) is 0 Å². The first-order chi connectivity index (χ1) is 6.99. The Labute approximate surface area is 85.3 Å². The Hall–Kier alpha value is -1.98. The summed E-state index contributed by atoms with van der Waals surface area (Å²) in [6.07, 6.45) is 0.111. The van der Waals surface area contributed by atoms with Crippen molar-refractivity contribution in [2.24, 2.45) is 0 Å². The molecule has 0 fully saturated rings. The third-order valence-corrected chi connectivity index (χ3v) is 1.35. The Morgan fingerprint density at radius 1 is 1.53 bits per heavy atom. The van der Waals surface area contributed by atoms with Gasteiger partial charge in [0.05, 0.1) is 4.91 Å². The number of rotatable bonds is 2. The average molecular weight is 215 g/mol. The van der Waals surface area contributed by atoms with E-state index >= 15 is 0 Å². The second-order valence-corrected chi connectivity index (χ2v) is 2.45. The summed E-state index contributed by atoms with van der Waals surface area (Å²) in [5.74, 6) is -1.73. The molecule has 0 aliphatic heterocycles. The molecule has 0 radical (unpaired) electrons. The van der Waals surface area contributed by atoms with Gasteiger partial charge in [-0.05, 0) is 12.5 Å². The van der Waals surface area contributed by atoms with Crippen LogP contribution in [0.3, 0.4) is 0 Å². The third kappa shape index (κ3) is 5.35. The summed E-state index contributed by atoms with van der Waals surface area (Å²) in [7, 11) is 0. The van der Waals surface area contributed by atoms with E-state index in [4.69, 9.17) is 5.21 Å². The zero-order chi connectivity index (χ0) is 11.8. The highest BCUT2D eigenvalue weighted by atomic mass is 19.1. The second-order valence-electron chi connectivity index (χ2n) is 2.45. The van der Waals surface area contributed by atoms with Crippen molar-refractivity contribution >= 4 is 11.7 Å². The van der Waals surface area contributed by atoms with E-state index in [0.29, 0.717) is 0 Å². The van der Waals surface area contributed by atoms with Crippen LogP contribution in [0.1, 0.15) is 13.3 Å². The highest BCUT2D eigenvalue weighted by Gasteiger charge is 2.16. The zero-order valence-electron chi connectivity index (χ0n) is 8.01. The molecule has 0 bridgehead atoms. The molecule has 0 aromatic heterocycles. The van der Waals surface area contributed by atoms with Gasteiger partial charge >= 0.3 is 5.69 Å². The SMILES string of the molecule is CCC(=O)[O-].O=[N+](O)c1ccccc1F. The van der Waals surface area contributed by atoms with Gasteiger partial charge in [-0.1, -0.05) is 19.1 Å². The number of nitrogens with zero attached hydrogens (tertiary/aromatic N) is 1. The number of para-hydroxylation sites is 1. The molecule has 0 spiro atoms. The molecular weight excluding hydrogens is 205 g/mol. The molecule has 0 aliphatic rings. The summed E-state index contributed by atoms with van der Waals surface area (Å²) in [5, 5.41) is 17.5. The molecule has 15 heavy (non-hydrogen) atoms. The first-order valence-corrected chi connectivity index (χ1v) is 4.09. The van der Waals surface area contributed by atoms with Crippen molar-refractivity contribution in [2.45, 2.75) is 13.3 Å². The van der Waals surface area contributed by atoms with Gasteiger partial charge in [-0.2, -0.15) is 4.39 Å². The molecule has 0 saturated carbocycles. The van der Waals surface area contributed by atoms with Crippen LogP contribution in [0.5, 0.6) is 0 Å². The number of carboxylic acids is 1. The molecule has 0 unspecified atom stereocenters. The van der Waals surface area contributed by atoms with Gasteiger partial charge < -0.3 is 9.90 Å². The van der Waals surface area contributed by atoms with E-state index in [-0.39, 0.29) is 12.1 Å². The third-order valence-electron chi connectivity index (χ3n) is 1.35. The fourth-order valence-electron chi connectivity index (χ4n) is 0.607. The minimum Gasteiger partial charge on any atom is -0.550 e. The highest BCUT2D eigenvalue weighted by Crippen LogP contribution is 2.13. The zero-order valence-corrected chi connectivity index (χ0v) is 8.01. The normalized spacial score (nSPS) is 8.67. The number of aliphatic carboxylic acids is 1. The van der Waals surface area contributed by atoms with E-state index in [9.17, 15) is 19.2 Å². The number of carbonyl (C=O) groups excluding carboxylic acids is 1. The number of benzene rings is 1. The smallest absolute Gasteiger partial charge is 0.351 e. The van der Waals surface area contributed by atoms with E-state index in [0.717, 1.165) is 6.07 Å². The molecule has 0 heterocycles. The predicted molar refractivity (Wildman–Crippen MR) is 46.8 cm³/mol. The minimum atomic E-state index is -0.995. The molecule has 0 aliphatic carbocycles. The van der Waals surface area contributed by atoms with Crippen LogP contribution >= 0.6 is 0 Å². The van der Waals surface area contributed by atoms with E-state index in [1.54, 1.807) is 0 Å². The lowest BCUT2D eigenvalue weighted by Gasteiger charge is -1.87. The summed E-state index contributed by atoms with van der Waals surface area (Å²) < 4.78 is 12.4. The van der Waals surface area contributed by atoms with Crippen LogP contribution in [0.25, 0.3) is 0 Å². The summed E-state index contributed by atoms with van der Waals surface area (Å²) in [4.78, 5) is 18.9. The molecule has 1 rings (SSSR count). The van der Waals surface area contributed by atoms with Crippen molar-refractivity contribution in [3.8, 4) is 0 Å². The Kier molecular flexibility index (Phi) is 5.62. The van der Waals surface area contributed by atoms with Gasteiger partial charge in [-0.15, -0.1) is 0 Å². The Bertz CT molecular complexity index is 354. The Balaban J connectivity index is 0.000000336. The van der Waals surface area contributed by atoms with Crippen LogP contribution in [0.15, 0.2) is 24.3 Å². The van der Waals surface area contributed by atoms with Gasteiger partial charge in [0.2, 0.25) is 5.82 Å². The summed E-state index contributed by atoms with van der Waals surface area (Å²) in [6, 6.07) is 5.17. The molecule has 0 atom stereocenters. The minimum absolute atomic E-state index is 0.111. The first kappa shape index (κ1) is 13.0. The lowest BCUT2D eigenvalue weighted by Crippen LogP contribution is -2.19. The van der Waals surface area contributed by atoms with E-state index < -0.39 is 16.7 Å². The quantitative estimate of drug-likeness (QED) is 0.739. The molecule has 1 N–H and O–H groups in total. The first-order valence-electron chi connectivity index (χ1n) is 4.09. The van der Waals surface area contributed by atoms with Crippen LogP contribution in [0.2, 0.25) is 0 Å². The largest absolute Gasteiger partial charge is 0.550 e. The lowest BCUT2D eigenvalue weighted by molar-refractivity contribution is -0.730. The van der Waals surface area contributed by atoms with Crippen molar-refractivity contribution < 1.29 is 24.4 Å². The van der Waals surface area contributed by atoms with Gasteiger partial charge in [-0.3, -0.25) is 0 Å². The monoisotopic (exact) mass is 215 g/mol. The van der Waals surface area contributed by atoms with Gasteiger partial charge in [-0.25, -0.2) is 5.21 Å². The van der Waals surface area contributed by atoms with Crippen LogP contribution in [0.4, 0.5) is 10.1 Å². The molecule has 0 amide bonds. The fraction of sp³-hybridized carbons (Fsp3) is 0.222. The van der Waals surface area contributed by atoms with Gasteiger partial charge in [0.1, 0.15) is 0 Å². The Morgan fingerprint density at radius 2 is 2.00 bits per heavy atom. The highest BCUT2D eigenvalue weighted by molar-refractivity contribution is 5.63. The maximum atomic E-state index is 12.4. The van der Waals surface area contributed by atoms with Crippen LogP contribution < -0.4 is 5.11 Å². The van der Waals surface area contributed by atoms with Crippen LogP contribution in [0, 0.1) is 10.7 Å². The number of halogens is 1. The number of carbonyl (C=O) groups is 1.